The number of fused-ring (bicyclic) bond motifs is 1. The van der Waals surface area contributed by atoms with E-state index in [0.717, 1.165) is 23.2 Å². The van der Waals surface area contributed by atoms with Crippen LogP contribution in [0.4, 0.5) is 4.79 Å². The number of hydrogen-bond donors (Lipinski definition) is 0. The second-order valence-corrected chi connectivity index (χ2v) is 7.23. The third-order valence-electron chi connectivity index (χ3n) is 5.57. The van der Waals surface area contributed by atoms with Gasteiger partial charge in [-0.2, -0.15) is 0 Å². The lowest BCUT2D eigenvalue weighted by Gasteiger charge is -2.36. The molecule has 0 bridgehead atoms. The minimum Gasteiger partial charge on any atom is -0.441 e. The number of rotatable bonds is 6. The number of amides is 1. The summed E-state index contributed by atoms with van der Waals surface area (Å²) in [6, 6.07) is 30.8. The molecule has 0 spiro atoms. The summed E-state index contributed by atoms with van der Waals surface area (Å²) in [5.41, 5.74) is 2.36. The Kier molecular flexibility index (Phi) is 4.14. The first kappa shape index (κ1) is 17.0. The summed E-state index contributed by atoms with van der Waals surface area (Å²) in [5.74, 6) is 0. The molecule has 2 fully saturated rings. The van der Waals surface area contributed by atoms with Crippen LogP contribution in [0, 0.1) is 0 Å². The summed E-state index contributed by atoms with van der Waals surface area (Å²) in [6.07, 6.45) is -0.466. The zero-order valence-electron chi connectivity index (χ0n) is 15.4. The largest absolute Gasteiger partial charge is 0.441 e. The fourth-order valence-electron chi connectivity index (χ4n) is 4.08. The van der Waals surface area contributed by atoms with E-state index in [0.29, 0.717) is 6.61 Å². The number of nitrogens with zero attached hydrogens (tertiary/aromatic N) is 1. The molecule has 4 heteroatoms. The molecular formula is C24H21NO3. The van der Waals surface area contributed by atoms with Crippen LogP contribution in [0.5, 0.6) is 0 Å². The van der Waals surface area contributed by atoms with Crippen molar-refractivity contribution in [3.05, 3.63) is 108 Å². The molecule has 0 saturated carbocycles. The molecule has 0 aliphatic carbocycles. The van der Waals surface area contributed by atoms with Crippen LogP contribution in [0.2, 0.25) is 0 Å². The van der Waals surface area contributed by atoms with E-state index < -0.39 is 5.60 Å². The van der Waals surface area contributed by atoms with Crippen molar-refractivity contribution in [3.8, 4) is 0 Å². The van der Waals surface area contributed by atoms with E-state index in [1.54, 1.807) is 4.90 Å². The van der Waals surface area contributed by atoms with E-state index in [-0.39, 0.29) is 18.2 Å². The lowest BCUT2D eigenvalue weighted by Crippen LogP contribution is -2.37. The molecule has 0 aromatic heterocycles. The molecule has 2 heterocycles. The average molecular weight is 371 g/mol. The summed E-state index contributed by atoms with van der Waals surface area (Å²) in [4.78, 5) is 13.5. The smallest absolute Gasteiger partial charge is 0.410 e. The van der Waals surface area contributed by atoms with Crippen molar-refractivity contribution >= 4 is 6.09 Å². The second kappa shape index (κ2) is 6.80. The molecule has 3 aromatic carbocycles. The zero-order chi connectivity index (χ0) is 19.0. The molecule has 0 unspecified atom stereocenters. The van der Waals surface area contributed by atoms with Crippen molar-refractivity contribution < 1.29 is 14.3 Å². The minimum absolute atomic E-state index is 0.146. The average Bonchev–Trinajstić information content (AvgIpc) is 3.51. The van der Waals surface area contributed by atoms with E-state index in [2.05, 4.69) is 36.4 Å². The Bertz CT molecular complexity index is 862. The molecule has 2 aliphatic heterocycles. The lowest BCUT2D eigenvalue weighted by atomic mass is 9.80. The number of cyclic esters (lactones) is 1. The van der Waals surface area contributed by atoms with Gasteiger partial charge in [0, 0.05) is 6.54 Å². The first-order valence-electron chi connectivity index (χ1n) is 9.57. The number of ether oxygens (including phenoxy) is 2. The van der Waals surface area contributed by atoms with Crippen molar-refractivity contribution in [1.29, 1.82) is 0 Å². The van der Waals surface area contributed by atoms with Gasteiger partial charge in [-0.3, -0.25) is 4.90 Å². The van der Waals surface area contributed by atoms with Crippen molar-refractivity contribution in [2.24, 2.45) is 0 Å². The molecule has 140 valence electrons. The molecule has 0 N–H and O–H groups in total. The van der Waals surface area contributed by atoms with Gasteiger partial charge in [0.05, 0.1) is 12.6 Å². The fourth-order valence-corrected chi connectivity index (χ4v) is 4.08. The number of benzene rings is 3. The Balaban J connectivity index is 1.61. The van der Waals surface area contributed by atoms with E-state index in [4.69, 9.17) is 9.47 Å². The highest BCUT2D eigenvalue weighted by atomic mass is 16.6. The molecule has 2 aliphatic rings. The number of carbonyl (C=O) groups excluding carboxylic acids is 1. The predicted molar refractivity (Wildman–Crippen MR) is 106 cm³/mol. The van der Waals surface area contributed by atoms with Gasteiger partial charge >= 0.3 is 6.09 Å². The molecule has 5 rings (SSSR count). The maximum absolute atomic E-state index is 11.8. The highest BCUT2D eigenvalue weighted by Crippen LogP contribution is 2.42. The fraction of sp³-hybridized carbons (Fsp3) is 0.208. The summed E-state index contributed by atoms with van der Waals surface area (Å²) >= 11 is 0. The summed E-state index contributed by atoms with van der Waals surface area (Å²) in [7, 11) is 0. The predicted octanol–water partition coefficient (Wildman–Crippen LogP) is 4.20. The maximum Gasteiger partial charge on any atom is 0.410 e. The number of hydrogen-bond acceptors (Lipinski definition) is 3. The molecule has 4 nitrogen and oxygen atoms in total. The Morgan fingerprint density at radius 3 is 1.64 bits per heavy atom. The number of carbonyl (C=O) groups is 1. The van der Waals surface area contributed by atoms with Crippen molar-refractivity contribution in [3.63, 3.8) is 0 Å². The standard InChI is InChI=1S/C24H21NO3/c26-23-25-16-21(25)22(28-23)17-27-24(18-10-4-1-5-11-18,19-12-6-2-7-13-19)20-14-8-3-9-15-20/h1-15,21-22H,16-17H2/t21-,22-,25?/m1/s1. The van der Waals surface area contributed by atoms with Crippen LogP contribution in [-0.2, 0) is 15.1 Å². The molecule has 2 atom stereocenters. The van der Waals surface area contributed by atoms with Gasteiger partial charge < -0.3 is 9.47 Å². The van der Waals surface area contributed by atoms with Gasteiger partial charge in [0.2, 0.25) is 0 Å². The third kappa shape index (κ3) is 2.77. The molecule has 28 heavy (non-hydrogen) atoms. The van der Waals surface area contributed by atoms with Crippen LogP contribution in [0.3, 0.4) is 0 Å². The van der Waals surface area contributed by atoms with Gasteiger partial charge in [-0.1, -0.05) is 91.0 Å². The van der Waals surface area contributed by atoms with Gasteiger partial charge in [0.25, 0.3) is 0 Å². The van der Waals surface area contributed by atoms with E-state index in [1.807, 2.05) is 54.6 Å². The lowest BCUT2D eigenvalue weighted by molar-refractivity contribution is -0.0340. The Hall–Kier alpha value is -3.11. The van der Waals surface area contributed by atoms with Crippen LogP contribution in [0.1, 0.15) is 16.7 Å². The van der Waals surface area contributed by atoms with Crippen molar-refractivity contribution in [1.82, 2.24) is 4.90 Å². The molecule has 0 radical (unpaired) electrons. The van der Waals surface area contributed by atoms with Gasteiger partial charge in [-0.05, 0) is 16.7 Å². The Morgan fingerprint density at radius 2 is 1.29 bits per heavy atom. The highest BCUT2D eigenvalue weighted by Gasteiger charge is 2.54. The molecule has 2 saturated heterocycles. The van der Waals surface area contributed by atoms with Crippen molar-refractivity contribution in [2.75, 3.05) is 13.2 Å². The topological polar surface area (TPSA) is 38.5 Å². The van der Waals surface area contributed by atoms with Crippen molar-refractivity contribution in [2.45, 2.75) is 17.7 Å². The summed E-state index contributed by atoms with van der Waals surface area (Å²) in [5, 5.41) is 0. The monoisotopic (exact) mass is 371 g/mol. The SMILES string of the molecule is O=C1O[C@H](COC(c2ccccc2)(c2ccccc2)c2ccccc2)[C@H]2CN12. The van der Waals surface area contributed by atoms with E-state index >= 15 is 0 Å². The first-order valence-corrected chi connectivity index (χ1v) is 9.57. The maximum atomic E-state index is 11.8. The van der Waals surface area contributed by atoms with Gasteiger partial charge in [0.15, 0.2) is 0 Å². The highest BCUT2D eigenvalue weighted by molar-refractivity contribution is 5.74. The molecule has 3 aromatic rings. The summed E-state index contributed by atoms with van der Waals surface area (Å²) < 4.78 is 12.2. The molecule has 1 amide bonds. The normalized spacial score (nSPS) is 20.6. The summed E-state index contributed by atoms with van der Waals surface area (Å²) in [6.45, 7) is 1.10. The van der Waals surface area contributed by atoms with Crippen LogP contribution in [0.25, 0.3) is 0 Å². The minimum atomic E-state index is -0.779. The molecular weight excluding hydrogens is 350 g/mol. The van der Waals surface area contributed by atoms with Crippen LogP contribution in [-0.4, -0.2) is 36.3 Å². The van der Waals surface area contributed by atoms with E-state index in [1.165, 1.54) is 0 Å². The third-order valence-corrected chi connectivity index (χ3v) is 5.57. The zero-order valence-corrected chi connectivity index (χ0v) is 15.4. The Morgan fingerprint density at radius 1 is 0.821 bits per heavy atom. The Labute approximate surface area is 164 Å². The van der Waals surface area contributed by atoms with Gasteiger partial charge in [-0.15, -0.1) is 0 Å². The quantitative estimate of drug-likeness (QED) is 0.482. The van der Waals surface area contributed by atoms with Crippen LogP contribution >= 0.6 is 0 Å². The van der Waals surface area contributed by atoms with E-state index in [9.17, 15) is 4.79 Å². The first-order chi connectivity index (χ1) is 13.8. The van der Waals surface area contributed by atoms with Gasteiger partial charge in [0.1, 0.15) is 11.7 Å². The van der Waals surface area contributed by atoms with Crippen LogP contribution < -0.4 is 0 Å². The van der Waals surface area contributed by atoms with Crippen LogP contribution in [0.15, 0.2) is 91.0 Å². The second-order valence-electron chi connectivity index (χ2n) is 7.23. The van der Waals surface area contributed by atoms with Gasteiger partial charge in [-0.25, -0.2) is 4.79 Å².